The number of nitrogens with one attached hydrogen (secondary N) is 1. The number of aryl methyl sites for hydroxylation is 5. The van der Waals surface area contributed by atoms with Crippen molar-refractivity contribution in [2.45, 2.75) is 66.4 Å². The van der Waals surface area contributed by atoms with Crippen molar-refractivity contribution in [3.05, 3.63) is 88.5 Å². The second-order valence-electron chi connectivity index (χ2n) is 9.88. The number of aromatic nitrogens is 3. The standard InChI is InChI=1S/C20H25N5O.C8H10.C3H6O/c1-4-19-24-20-14(3)23-13(2)11-17(20)25(19)16-7-5-15(6-8-16)9-10-22-12-18(21)26;1-7-3-5-8(2)6-4-7;4-3-1-2-3/h5-8,11,22H,4,9-10,12H2,1-3H3,(H2,21,26);3-6H,1-2H3;3-4H,1-2H2. The summed E-state index contributed by atoms with van der Waals surface area (Å²) in [5.41, 5.74) is 14.1. The molecule has 202 valence electrons. The van der Waals surface area contributed by atoms with Gasteiger partial charge in [-0.3, -0.25) is 14.3 Å². The number of imidazole rings is 1. The lowest BCUT2D eigenvalue weighted by molar-refractivity contribution is -0.117. The zero-order chi connectivity index (χ0) is 27.7. The normalized spacial score (nSPS) is 12.4. The third-order valence-corrected chi connectivity index (χ3v) is 6.18. The third-order valence-electron chi connectivity index (χ3n) is 6.18. The molecule has 1 amide bonds. The number of amides is 1. The highest BCUT2D eigenvalue weighted by Gasteiger charge is 2.15. The van der Waals surface area contributed by atoms with Gasteiger partial charge in [0.1, 0.15) is 11.3 Å². The Morgan fingerprint density at radius 1 is 1.00 bits per heavy atom. The van der Waals surface area contributed by atoms with Gasteiger partial charge in [-0.05, 0) is 77.3 Å². The lowest BCUT2D eigenvalue weighted by Crippen LogP contribution is -2.29. The first-order valence-electron chi connectivity index (χ1n) is 13.3. The minimum Gasteiger partial charge on any atom is -0.393 e. The van der Waals surface area contributed by atoms with E-state index in [1.165, 1.54) is 16.7 Å². The second kappa shape index (κ2) is 13.8. The molecule has 1 saturated carbocycles. The van der Waals surface area contributed by atoms with E-state index in [0.717, 1.165) is 66.2 Å². The largest absolute Gasteiger partial charge is 0.393 e. The van der Waals surface area contributed by atoms with Crippen molar-refractivity contribution in [1.29, 1.82) is 0 Å². The van der Waals surface area contributed by atoms with Gasteiger partial charge in [0.2, 0.25) is 5.91 Å². The molecule has 0 atom stereocenters. The smallest absolute Gasteiger partial charge is 0.231 e. The molecule has 7 heteroatoms. The molecule has 7 nitrogen and oxygen atoms in total. The van der Waals surface area contributed by atoms with Crippen LogP contribution in [0.1, 0.15) is 53.7 Å². The number of carbonyl (C=O) groups excluding carboxylic acids is 1. The Kier molecular flexibility index (Phi) is 10.6. The molecule has 4 N–H and O–H groups in total. The molecule has 0 bridgehead atoms. The molecule has 1 aliphatic carbocycles. The number of aliphatic hydroxyl groups excluding tert-OH is 1. The first kappa shape index (κ1) is 29.0. The lowest BCUT2D eigenvalue weighted by atomic mass is 10.1. The Labute approximate surface area is 226 Å². The number of carbonyl (C=O) groups is 1. The maximum absolute atomic E-state index is 10.7. The highest BCUT2D eigenvalue weighted by Crippen LogP contribution is 2.24. The Bertz CT molecular complexity index is 1300. The van der Waals surface area contributed by atoms with E-state index in [9.17, 15) is 4.79 Å². The number of primary amides is 1. The van der Waals surface area contributed by atoms with Crippen LogP contribution in [0.15, 0.2) is 54.6 Å². The van der Waals surface area contributed by atoms with Crippen molar-refractivity contribution < 1.29 is 9.90 Å². The summed E-state index contributed by atoms with van der Waals surface area (Å²) in [4.78, 5) is 20.1. The number of rotatable bonds is 7. The molecule has 1 aliphatic rings. The fourth-order valence-corrected chi connectivity index (χ4v) is 3.92. The van der Waals surface area contributed by atoms with Crippen LogP contribution in [0.4, 0.5) is 0 Å². The quantitative estimate of drug-likeness (QED) is 0.310. The van der Waals surface area contributed by atoms with Crippen molar-refractivity contribution in [2.75, 3.05) is 13.1 Å². The van der Waals surface area contributed by atoms with Gasteiger partial charge in [0.15, 0.2) is 0 Å². The summed E-state index contributed by atoms with van der Waals surface area (Å²) in [5.74, 6) is 0.700. The van der Waals surface area contributed by atoms with Crippen molar-refractivity contribution >= 4 is 16.9 Å². The van der Waals surface area contributed by atoms with E-state index in [4.69, 9.17) is 15.8 Å². The van der Waals surface area contributed by atoms with Crippen molar-refractivity contribution in [1.82, 2.24) is 19.9 Å². The summed E-state index contributed by atoms with van der Waals surface area (Å²) in [6.07, 6.45) is 3.87. The molecule has 2 heterocycles. The molecule has 2 aromatic carbocycles. The monoisotopic (exact) mass is 515 g/mol. The van der Waals surface area contributed by atoms with Crippen LogP contribution in [-0.4, -0.2) is 44.7 Å². The van der Waals surface area contributed by atoms with Crippen molar-refractivity contribution in [2.24, 2.45) is 5.73 Å². The van der Waals surface area contributed by atoms with E-state index in [0.29, 0.717) is 0 Å². The van der Waals surface area contributed by atoms with Gasteiger partial charge in [-0.15, -0.1) is 0 Å². The van der Waals surface area contributed by atoms with Crippen LogP contribution in [0.25, 0.3) is 16.7 Å². The zero-order valence-electron chi connectivity index (χ0n) is 23.3. The average molecular weight is 516 g/mol. The number of hydrogen-bond acceptors (Lipinski definition) is 5. The highest BCUT2D eigenvalue weighted by atomic mass is 16.3. The van der Waals surface area contributed by atoms with Crippen molar-refractivity contribution in [3.8, 4) is 5.69 Å². The van der Waals surface area contributed by atoms with Crippen LogP contribution in [0, 0.1) is 27.7 Å². The van der Waals surface area contributed by atoms with Gasteiger partial charge in [-0.2, -0.15) is 0 Å². The minimum atomic E-state index is -0.334. The fourth-order valence-electron chi connectivity index (χ4n) is 3.92. The van der Waals surface area contributed by atoms with Gasteiger partial charge in [-0.1, -0.05) is 54.4 Å². The van der Waals surface area contributed by atoms with E-state index in [2.05, 4.69) is 90.2 Å². The molecule has 2 aromatic heterocycles. The van der Waals surface area contributed by atoms with E-state index in [1.807, 2.05) is 13.8 Å². The molecule has 5 rings (SSSR count). The maximum Gasteiger partial charge on any atom is 0.231 e. The Hall–Kier alpha value is -3.55. The molecule has 0 spiro atoms. The van der Waals surface area contributed by atoms with E-state index in [-0.39, 0.29) is 18.6 Å². The van der Waals surface area contributed by atoms with Crippen LogP contribution < -0.4 is 11.1 Å². The molecular weight excluding hydrogens is 474 g/mol. The Morgan fingerprint density at radius 3 is 2.08 bits per heavy atom. The predicted octanol–water partition coefficient (Wildman–Crippen LogP) is 4.66. The summed E-state index contributed by atoms with van der Waals surface area (Å²) in [7, 11) is 0. The Morgan fingerprint density at radius 2 is 1.58 bits per heavy atom. The first-order valence-corrected chi connectivity index (χ1v) is 13.3. The first-order chi connectivity index (χ1) is 18.2. The van der Waals surface area contributed by atoms with Crippen LogP contribution in [0.3, 0.4) is 0 Å². The van der Waals surface area contributed by atoms with Crippen LogP contribution >= 0.6 is 0 Å². The van der Waals surface area contributed by atoms with Crippen molar-refractivity contribution in [3.63, 3.8) is 0 Å². The molecule has 0 aliphatic heterocycles. The van der Waals surface area contributed by atoms with Crippen LogP contribution in [0.2, 0.25) is 0 Å². The topological polar surface area (TPSA) is 106 Å². The van der Waals surface area contributed by atoms with Crippen LogP contribution in [-0.2, 0) is 17.6 Å². The average Bonchev–Trinajstić information content (AvgIpc) is 3.58. The molecular formula is C31H41N5O2. The zero-order valence-corrected chi connectivity index (χ0v) is 23.3. The number of pyridine rings is 1. The van der Waals surface area contributed by atoms with Gasteiger partial charge in [0, 0.05) is 17.8 Å². The summed E-state index contributed by atoms with van der Waals surface area (Å²) in [5, 5.41) is 11.2. The van der Waals surface area contributed by atoms with Gasteiger partial charge >= 0.3 is 0 Å². The molecule has 4 aromatic rings. The summed E-state index contributed by atoms with van der Waals surface area (Å²) >= 11 is 0. The third kappa shape index (κ3) is 8.78. The van der Waals surface area contributed by atoms with Gasteiger partial charge < -0.3 is 16.2 Å². The Balaban J connectivity index is 0.000000272. The van der Waals surface area contributed by atoms with Crippen LogP contribution in [0.5, 0.6) is 0 Å². The second-order valence-corrected chi connectivity index (χ2v) is 9.88. The molecule has 1 fully saturated rings. The molecule has 0 saturated heterocycles. The summed E-state index contributed by atoms with van der Waals surface area (Å²) in [6, 6.07) is 19.1. The SMILES string of the molecule is CCc1nc2c(C)nc(C)cc2n1-c1ccc(CCNCC(N)=O)cc1.Cc1ccc(C)cc1.OC1CC1. The molecule has 0 unspecified atom stereocenters. The number of nitrogens with zero attached hydrogens (tertiary/aromatic N) is 3. The molecule has 38 heavy (non-hydrogen) atoms. The number of benzene rings is 2. The lowest BCUT2D eigenvalue weighted by Gasteiger charge is -2.10. The predicted molar refractivity (Wildman–Crippen MR) is 155 cm³/mol. The number of nitrogens with two attached hydrogens (primary N) is 1. The van der Waals surface area contributed by atoms with E-state index >= 15 is 0 Å². The van der Waals surface area contributed by atoms with E-state index < -0.39 is 0 Å². The van der Waals surface area contributed by atoms with Gasteiger partial charge in [0.05, 0.1) is 23.9 Å². The number of fused-ring (bicyclic) bond motifs is 1. The van der Waals surface area contributed by atoms with Gasteiger partial charge in [-0.25, -0.2) is 4.98 Å². The number of aliphatic hydroxyl groups is 1. The fraction of sp³-hybridized carbons (Fsp3) is 0.387. The minimum absolute atomic E-state index is 0.0833. The van der Waals surface area contributed by atoms with E-state index in [1.54, 1.807) is 0 Å². The highest BCUT2D eigenvalue weighted by molar-refractivity contribution is 5.80. The van der Waals surface area contributed by atoms with Gasteiger partial charge in [0.25, 0.3) is 0 Å². The number of hydrogen-bond donors (Lipinski definition) is 3. The maximum atomic E-state index is 10.7. The summed E-state index contributed by atoms with van der Waals surface area (Å²) < 4.78 is 2.21. The summed E-state index contributed by atoms with van der Waals surface area (Å²) in [6.45, 7) is 11.3. The molecule has 0 radical (unpaired) electrons.